The molecule has 15 heteroatoms. The summed E-state index contributed by atoms with van der Waals surface area (Å²) in [4.78, 5) is 22.1. The predicted molar refractivity (Wildman–Crippen MR) is 164 cm³/mol. The first-order valence-electron chi connectivity index (χ1n) is 15.1. The maximum Gasteiger partial charge on any atom is 0.417 e. The molecule has 4 N–H and O–H groups in total. The molecule has 2 saturated heterocycles. The molecule has 2 atom stereocenters. The van der Waals surface area contributed by atoms with Crippen LogP contribution >= 0.6 is 0 Å². The number of nitrogens with two attached hydrogens (primary N) is 1. The highest BCUT2D eigenvalue weighted by Crippen LogP contribution is 2.47. The van der Waals surface area contributed by atoms with Gasteiger partial charge in [-0.25, -0.2) is 22.5 Å². The van der Waals surface area contributed by atoms with Gasteiger partial charge in [-0.15, -0.1) is 0 Å². The van der Waals surface area contributed by atoms with Crippen LogP contribution < -0.4 is 21.1 Å². The van der Waals surface area contributed by atoms with Gasteiger partial charge in [0.25, 0.3) is 5.92 Å². The lowest BCUT2D eigenvalue weighted by Gasteiger charge is -2.32. The minimum absolute atomic E-state index is 0.226. The predicted octanol–water partition coefficient (Wildman–Crippen LogP) is 6.51. The number of fused-ring (bicyclic) bond motifs is 1. The van der Waals surface area contributed by atoms with Crippen LogP contribution in [0, 0.1) is 18.6 Å². The van der Waals surface area contributed by atoms with Gasteiger partial charge in [0.2, 0.25) is 5.88 Å². The molecule has 46 heavy (non-hydrogen) atoms. The van der Waals surface area contributed by atoms with Gasteiger partial charge in [-0.3, -0.25) is 14.7 Å². The smallest absolute Gasteiger partial charge is 0.417 e. The minimum atomic E-state index is -5.14. The molecule has 3 heterocycles. The Balaban J connectivity index is 0.00000282. The van der Waals surface area contributed by atoms with Gasteiger partial charge in [-0.1, -0.05) is 13.8 Å². The molecule has 4 rings (SSSR count). The van der Waals surface area contributed by atoms with Crippen molar-refractivity contribution in [2.24, 2.45) is 4.99 Å². The van der Waals surface area contributed by atoms with E-state index in [0.29, 0.717) is 45.0 Å². The fraction of sp³-hybridized carbons (Fsp3) is 0.581. The van der Waals surface area contributed by atoms with E-state index in [9.17, 15) is 31.1 Å². The lowest BCUT2D eigenvalue weighted by atomic mass is 9.92. The number of carbonyl (C=O) groups excluding carboxylic acids is 1. The zero-order chi connectivity index (χ0) is 34.4. The van der Waals surface area contributed by atoms with Gasteiger partial charge in [0.05, 0.1) is 29.6 Å². The summed E-state index contributed by atoms with van der Waals surface area (Å²) in [6, 6.07) is 0.625. The number of benzene rings is 1. The van der Waals surface area contributed by atoms with E-state index >= 15 is 4.39 Å². The first-order chi connectivity index (χ1) is 21.6. The minimum Gasteiger partial charge on any atom is -0.474 e. The second-order valence-corrected chi connectivity index (χ2v) is 11.3. The van der Waals surface area contributed by atoms with E-state index < -0.39 is 93.5 Å². The summed E-state index contributed by atoms with van der Waals surface area (Å²) in [5.74, 6) is -6.17. The first kappa shape index (κ1) is 37.0. The average Bonchev–Trinajstić information content (AvgIpc) is 3.47. The summed E-state index contributed by atoms with van der Waals surface area (Å²) in [6.45, 7) is 6.98. The van der Waals surface area contributed by atoms with Gasteiger partial charge in [0.1, 0.15) is 17.1 Å². The fourth-order valence-electron chi connectivity index (χ4n) is 6.00. The van der Waals surface area contributed by atoms with Gasteiger partial charge in [0.15, 0.2) is 12.1 Å². The van der Waals surface area contributed by atoms with E-state index in [1.165, 1.54) is 0 Å². The van der Waals surface area contributed by atoms with Crippen LogP contribution in [0.5, 0.6) is 5.88 Å². The molecule has 2 aliphatic heterocycles. The van der Waals surface area contributed by atoms with Gasteiger partial charge >= 0.3 is 6.18 Å². The quantitative estimate of drug-likeness (QED) is 0.103. The number of halogens is 7. The van der Waals surface area contributed by atoms with Gasteiger partial charge in [-0.05, 0) is 51.9 Å². The number of pyridine rings is 1. The molecule has 2 unspecified atom stereocenters. The topological polar surface area (TPSA) is 105 Å². The second kappa shape index (κ2) is 15.0. The lowest BCUT2D eigenvalue weighted by molar-refractivity contribution is -0.137. The first-order valence-corrected chi connectivity index (χ1v) is 15.1. The van der Waals surface area contributed by atoms with E-state index in [1.54, 1.807) is 25.1 Å². The largest absolute Gasteiger partial charge is 0.474 e. The Morgan fingerprint density at radius 2 is 1.93 bits per heavy atom. The van der Waals surface area contributed by atoms with Crippen LogP contribution in [0.3, 0.4) is 0 Å². The summed E-state index contributed by atoms with van der Waals surface area (Å²) in [5, 5.41) is 5.64. The third-order valence-electron chi connectivity index (χ3n) is 8.07. The highest BCUT2D eigenvalue weighted by Gasteiger charge is 2.56. The monoisotopic (exact) mass is 662 g/mol. The summed E-state index contributed by atoms with van der Waals surface area (Å²) in [7, 11) is 1.74. The number of ether oxygens (including phenoxy) is 1. The Hall–Kier alpha value is -3.46. The van der Waals surface area contributed by atoms with E-state index in [-0.39, 0.29) is 12.8 Å². The Morgan fingerprint density at radius 3 is 2.57 bits per heavy atom. The number of rotatable bonds is 12. The number of anilines is 2. The summed E-state index contributed by atoms with van der Waals surface area (Å²) in [6.07, 6.45) is -3.17. The molecular formula is C31H41F7N6O2. The van der Waals surface area contributed by atoms with Crippen molar-refractivity contribution in [2.45, 2.75) is 77.1 Å². The summed E-state index contributed by atoms with van der Waals surface area (Å²) >= 11 is 0. The van der Waals surface area contributed by atoms with Crippen molar-refractivity contribution in [1.29, 1.82) is 0 Å². The Kier molecular flexibility index (Phi) is 12.0. The number of hydrogen-bond donors (Lipinski definition) is 3. The van der Waals surface area contributed by atoms with Crippen molar-refractivity contribution >= 4 is 23.9 Å². The average molecular weight is 663 g/mol. The highest BCUT2D eigenvalue weighted by molar-refractivity contribution is 5.90. The molecule has 0 saturated carbocycles. The lowest BCUT2D eigenvalue weighted by Crippen LogP contribution is -2.44. The van der Waals surface area contributed by atoms with Crippen LogP contribution in [0.25, 0.3) is 11.3 Å². The van der Waals surface area contributed by atoms with Gasteiger partial charge in [0, 0.05) is 49.8 Å². The van der Waals surface area contributed by atoms with Crippen LogP contribution in [0.1, 0.15) is 67.9 Å². The molecule has 2 aliphatic rings. The molecule has 0 bridgehead atoms. The third-order valence-corrected chi connectivity index (χ3v) is 8.07. The van der Waals surface area contributed by atoms with Crippen molar-refractivity contribution in [3.8, 4) is 17.1 Å². The number of aliphatic imine (C=N–C) groups is 1. The van der Waals surface area contributed by atoms with Crippen LogP contribution in [-0.4, -0.2) is 79.7 Å². The molecule has 8 nitrogen and oxygen atoms in total. The molecule has 0 radical (unpaired) electrons. The maximum atomic E-state index is 16.3. The van der Waals surface area contributed by atoms with Crippen LogP contribution in [0.4, 0.5) is 42.1 Å². The number of nitrogens with zero attached hydrogens (tertiary/aromatic N) is 3. The molecule has 0 aliphatic carbocycles. The second-order valence-electron chi connectivity index (χ2n) is 11.3. The SMILES string of the molecule is CC.CNCC=NCCC(C)Oc1nc(-c2cc(N)c(F)c(C)c2C(F)(F)F)c(F)c(NCC23CCCN2CC(F)(F)C3)c1C=O. The van der Waals surface area contributed by atoms with E-state index in [2.05, 4.69) is 20.6 Å². The number of carbonyl (C=O) groups is 1. The zero-order valence-electron chi connectivity index (χ0n) is 26.6. The molecule has 2 fully saturated rings. The van der Waals surface area contributed by atoms with Crippen molar-refractivity contribution in [2.75, 3.05) is 50.8 Å². The van der Waals surface area contributed by atoms with Crippen molar-refractivity contribution in [3.63, 3.8) is 0 Å². The van der Waals surface area contributed by atoms with Crippen molar-refractivity contribution in [1.82, 2.24) is 15.2 Å². The molecule has 0 amide bonds. The van der Waals surface area contributed by atoms with Crippen molar-refractivity contribution < 1.29 is 40.3 Å². The Bertz CT molecular complexity index is 1420. The van der Waals surface area contributed by atoms with Gasteiger partial charge < -0.3 is 21.1 Å². The summed E-state index contributed by atoms with van der Waals surface area (Å²) in [5.41, 5.74) is -1.22. The third kappa shape index (κ3) is 7.91. The number of hydrogen-bond acceptors (Lipinski definition) is 8. The van der Waals surface area contributed by atoms with Crippen LogP contribution in [0.2, 0.25) is 0 Å². The standard InChI is InChI=1S/C29H35F7N6O2.C2H6/c1-16(5-7-39-9-8-38-3)44-26-19(12-43)24(40-14-27-6-4-10-42(27)15-28(32,33)13-27)23(31)25(41-26)18-11-20(37)22(30)17(2)21(18)29(34,35)36;1-2/h9,11-12,16,38H,4-8,10,13-15,37H2,1-3H3,(H,40,41);1-2H3. The maximum absolute atomic E-state index is 16.3. The normalized spacial score (nSPS) is 19.9. The fourth-order valence-corrected chi connectivity index (χ4v) is 6.00. The molecular weight excluding hydrogens is 621 g/mol. The highest BCUT2D eigenvalue weighted by atomic mass is 19.4. The van der Waals surface area contributed by atoms with E-state index in [4.69, 9.17) is 10.5 Å². The van der Waals surface area contributed by atoms with Crippen LogP contribution in [-0.2, 0) is 6.18 Å². The molecule has 2 aromatic rings. The zero-order valence-corrected chi connectivity index (χ0v) is 26.6. The summed E-state index contributed by atoms with van der Waals surface area (Å²) < 4.78 is 108. The Labute approximate surface area is 264 Å². The van der Waals surface area contributed by atoms with Gasteiger partial charge in [-0.2, -0.15) is 13.2 Å². The molecule has 256 valence electrons. The number of aldehydes is 1. The van der Waals surface area contributed by atoms with Crippen molar-refractivity contribution in [3.05, 3.63) is 34.4 Å². The molecule has 1 aromatic heterocycles. The molecule has 0 spiro atoms. The Morgan fingerprint density at radius 1 is 1.24 bits per heavy atom. The number of aromatic nitrogens is 1. The van der Waals surface area contributed by atoms with E-state index in [1.807, 2.05) is 13.8 Å². The van der Waals surface area contributed by atoms with Crippen LogP contribution in [0.15, 0.2) is 11.1 Å². The molecule has 1 aromatic carbocycles. The van der Waals surface area contributed by atoms with E-state index in [0.717, 1.165) is 6.92 Å². The number of alkyl halides is 5. The number of nitrogen functional groups attached to an aromatic ring is 1. The number of nitrogens with one attached hydrogen (secondary N) is 2.